The Balaban J connectivity index is 2.37. The van der Waals surface area contributed by atoms with E-state index in [1.165, 1.54) is 0 Å². The zero-order chi connectivity index (χ0) is 13.8. The maximum absolute atomic E-state index is 11.9. The lowest BCUT2D eigenvalue weighted by molar-refractivity contribution is -0.124. The summed E-state index contributed by atoms with van der Waals surface area (Å²) in [5, 5.41) is 2.87. The van der Waals surface area contributed by atoms with Crippen LogP contribution in [0.2, 0.25) is 0 Å². The molecule has 0 bridgehead atoms. The van der Waals surface area contributed by atoms with Crippen LogP contribution in [-0.4, -0.2) is 38.9 Å². The highest BCUT2D eigenvalue weighted by Gasteiger charge is 2.33. The minimum absolute atomic E-state index is 0.00205. The van der Waals surface area contributed by atoms with Crippen molar-refractivity contribution in [1.29, 1.82) is 0 Å². The average molecular weight is 276 g/mol. The fraction of sp³-hybridized carbons (Fsp3) is 0.917. The van der Waals surface area contributed by atoms with E-state index >= 15 is 0 Å². The summed E-state index contributed by atoms with van der Waals surface area (Å²) in [6.45, 7) is 5.38. The van der Waals surface area contributed by atoms with Crippen LogP contribution >= 0.6 is 0 Å². The van der Waals surface area contributed by atoms with E-state index in [0.717, 1.165) is 12.8 Å². The van der Waals surface area contributed by atoms with Gasteiger partial charge in [0, 0.05) is 6.54 Å². The summed E-state index contributed by atoms with van der Waals surface area (Å²) in [5.41, 5.74) is 5.47. The van der Waals surface area contributed by atoms with Crippen LogP contribution in [0, 0.1) is 11.3 Å². The molecular weight excluding hydrogens is 252 g/mol. The summed E-state index contributed by atoms with van der Waals surface area (Å²) < 4.78 is 22.6. The zero-order valence-corrected chi connectivity index (χ0v) is 12.1. The molecule has 0 aromatic carbocycles. The second-order valence-corrected chi connectivity index (χ2v) is 8.10. The van der Waals surface area contributed by atoms with Crippen molar-refractivity contribution in [1.82, 2.24) is 5.32 Å². The highest BCUT2D eigenvalue weighted by molar-refractivity contribution is 7.91. The smallest absolute Gasteiger partial charge is 0.224 e. The minimum atomic E-state index is -2.99. The minimum Gasteiger partial charge on any atom is -0.355 e. The SMILES string of the molecule is CC(C)(CCCN)CNC(=O)C1CCS(=O)(=O)C1. The third-order valence-corrected chi connectivity index (χ3v) is 5.17. The van der Waals surface area contributed by atoms with Crippen LogP contribution in [0.4, 0.5) is 0 Å². The third kappa shape index (κ3) is 4.94. The largest absolute Gasteiger partial charge is 0.355 e. The van der Waals surface area contributed by atoms with E-state index in [-0.39, 0.29) is 28.7 Å². The standard InChI is InChI=1S/C12H24N2O3S/c1-12(2,5-3-6-13)9-14-11(15)10-4-7-18(16,17)8-10/h10H,3-9,13H2,1-2H3,(H,14,15). The molecule has 106 valence electrons. The van der Waals surface area contributed by atoms with Crippen molar-refractivity contribution in [3.8, 4) is 0 Å². The van der Waals surface area contributed by atoms with E-state index in [1.807, 2.05) is 0 Å². The van der Waals surface area contributed by atoms with E-state index in [4.69, 9.17) is 5.73 Å². The van der Waals surface area contributed by atoms with Crippen molar-refractivity contribution in [3.05, 3.63) is 0 Å². The number of sulfone groups is 1. The summed E-state index contributed by atoms with van der Waals surface area (Å²) in [6.07, 6.45) is 2.34. The number of nitrogens with two attached hydrogens (primary N) is 1. The first kappa shape index (κ1) is 15.4. The molecule has 1 fully saturated rings. The van der Waals surface area contributed by atoms with Crippen molar-refractivity contribution in [2.45, 2.75) is 33.1 Å². The van der Waals surface area contributed by atoms with Gasteiger partial charge in [0.25, 0.3) is 0 Å². The maximum atomic E-state index is 11.9. The molecule has 0 radical (unpaired) electrons. The molecule has 1 aliphatic rings. The van der Waals surface area contributed by atoms with E-state index in [9.17, 15) is 13.2 Å². The Bertz CT molecular complexity index is 390. The van der Waals surface area contributed by atoms with Gasteiger partial charge in [0.1, 0.15) is 0 Å². The van der Waals surface area contributed by atoms with Gasteiger partial charge in [-0.05, 0) is 31.2 Å². The molecule has 18 heavy (non-hydrogen) atoms. The van der Waals surface area contributed by atoms with E-state index < -0.39 is 9.84 Å². The Morgan fingerprint density at radius 1 is 1.44 bits per heavy atom. The molecule has 6 heteroatoms. The fourth-order valence-electron chi connectivity index (χ4n) is 2.14. The van der Waals surface area contributed by atoms with Gasteiger partial charge in [-0.25, -0.2) is 8.42 Å². The van der Waals surface area contributed by atoms with E-state index in [0.29, 0.717) is 19.5 Å². The van der Waals surface area contributed by atoms with Gasteiger partial charge in [0.15, 0.2) is 9.84 Å². The summed E-state index contributed by atoms with van der Waals surface area (Å²) >= 11 is 0. The number of nitrogens with one attached hydrogen (secondary N) is 1. The monoisotopic (exact) mass is 276 g/mol. The predicted octanol–water partition coefficient (Wildman–Crippen LogP) is 0.302. The van der Waals surface area contributed by atoms with Crippen molar-refractivity contribution in [2.75, 3.05) is 24.6 Å². The molecular formula is C12H24N2O3S. The number of amides is 1. The lowest BCUT2D eigenvalue weighted by Gasteiger charge is -2.25. The van der Waals surface area contributed by atoms with Gasteiger partial charge in [0.05, 0.1) is 17.4 Å². The van der Waals surface area contributed by atoms with Crippen LogP contribution in [-0.2, 0) is 14.6 Å². The highest BCUT2D eigenvalue weighted by atomic mass is 32.2. The third-order valence-electron chi connectivity index (χ3n) is 3.40. The Hall–Kier alpha value is -0.620. The van der Waals surface area contributed by atoms with Crippen molar-refractivity contribution in [2.24, 2.45) is 17.1 Å². The highest BCUT2D eigenvalue weighted by Crippen LogP contribution is 2.22. The van der Waals surface area contributed by atoms with Crippen LogP contribution in [0.25, 0.3) is 0 Å². The van der Waals surface area contributed by atoms with Gasteiger partial charge >= 0.3 is 0 Å². The van der Waals surface area contributed by atoms with E-state index in [2.05, 4.69) is 19.2 Å². The first-order chi connectivity index (χ1) is 8.26. The molecule has 1 rings (SSSR count). The second-order valence-electron chi connectivity index (χ2n) is 5.87. The molecule has 0 aromatic rings. The first-order valence-corrected chi connectivity index (χ1v) is 8.26. The molecule has 1 heterocycles. The molecule has 1 unspecified atom stereocenters. The Morgan fingerprint density at radius 3 is 2.61 bits per heavy atom. The van der Waals surface area contributed by atoms with Gasteiger partial charge < -0.3 is 11.1 Å². The molecule has 0 spiro atoms. The normalized spacial score (nSPS) is 22.9. The van der Waals surface area contributed by atoms with Crippen molar-refractivity contribution in [3.63, 3.8) is 0 Å². The number of hydrogen-bond acceptors (Lipinski definition) is 4. The van der Waals surface area contributed by atoms with Crippen LogP contribution in [0.3, 0.4) is 0 Å². The van der Waals surface area contributed by atoms with Crippen molar-refractivity contribution < 1.29 is 13.2 Å². The molecule has 3 N–H and O–H groups in total. The average Bonchev–Trinajstić information content (AvgIpc) is 2.64. The Kier molecular flexibility index (Phi) is 5.16. The molecule has 1 atom stereocenters. The lowest BCUT2D eigenvalue weighted by atomic mass is 9.87. The molecule has 1 saturated heterocycles. The summed E-state index contributed by atoms with van der Waals surface area (Å²) in [4.78, 5) is 11.9. The summed E-state index contributed by atoms with van der Waals surface area (Å²) in [7, 11) is -2.99. The van der Waals surface area contributed by atoms with Crippen LogP contribution < -0.4 is 11.1 Å². The van der Waals surface area contributed by atoms with Gasteiger partial charge in [-0.2, -0.15) is 0 Å². The summed E-state index contributed by atoms with van der Waals surface area (Å²) in [6, 6.07) is 0. The zero-order valence-electron chi connectivity index (χ0n) is 11.2. The number of carbonyl (C=O) groups is 1. The van der Waals surface area contributed by atoms with Gasteiger partial charge in [-0.3, -0.25) is 4.79 Å². The van der Waals surface area contributed by atoms with Gasteiger partial charge in [0.2, 0.25) is 5.91 Å². The van der Waals surface area contributed by atoms with Gasteiger partial charge in [-0.15, -0.1) is 0 Å². The summed E-state index contributed by atoms with van der Waals surface area (Å²) in [5.74, 6) is -0.346. The fourth-order valence-corrected chi connectivity index (χ4v) is 3.88. The Labute approximate surface area is 109 Å². The Morgan fingerprint density at radius 2 is 2.11 bits per heavy atom. The number of carbonyl (C=O) groups excluding carboxylic acids is 1. The number of rotatable bonds is 6. The molecule has 0 aromatic heterocycles. The van der Waals surface area contributed by atoms with Crippen LogP contribution in [0.15, 0.2) is 0 Å². The quantitative estimate of drug-likeness (QED) is 0.730. The number of hydrogen-bond donors (Lipinski definition) is 2. The van der Waals surface area contributed by atoms with Crippen LogP contribution in [0.1, 0.15) is 33.1 Å². The predicted molar refractivity (Wildman–Crippen MR) is 71.8 cm³/mol. The van der Waals surface area contributed by atoms with Crippen molar-refractivity contribution >= 4 is 15.7 Å². The van der Waals surface area contributed by atoms with E-state index in [1.54, 1.807) is 0 Å². The van der Waals surface area contributed by atoms with Crippen LogP contribution in [0.5, 0.6) is 0 Å². The second kappa shape index (κ2) is 6.02. The van der Waals surface area contributed by atoms with Gasteiger partial charge in [-0.1, -0.05) is 13.8 Å². The topological polar surface area (TPSA) is 89.3 Å². The first-order valence-electron chi connectivity index (χ1n) is 6.44. The molecule has 1 amide bonds. The molecule has 0 aliphatic carbocycles. The maximum Gasteiger partial charge on any atom is 0.224 e. The molecule has 5 nitrogen and oxygen atoms in total. The molecule has 1 aliphatic heterocycles. The molecule has 0 saturated carbocycles. The lowest BCUT2D eigenvalue weighted by Crippen LogP contribution is -2.38.